The molecule has 5 nitrogen and oxygen atoms in total. The van der Waals surface area contributed by atoms with Gasteiger partial charge in [-0.05, 0) is 55.2 Å². The maximum atomic E-state index is 5.75. The zero-order valence-electron chi connectivity index (χ0n) is 17.2. The first-order valence-corrected chi connectivity index (χ1v) is 10.7. The van der Waals surface area contributed by atoms with Crippen LogP contribution in [0.1, 0.15) is 30.4 Å². The lowest BCUT2D eigenvalue weighted by Crippen LogP contribution is -2.30. The number of piperidine rings is 1. The van der Waals surface area contributed by atoms with Crippen LogP contribution in [0, 0.1) is 0 Å². The van der Waals surface area contributed by atoms with Gasteiger partial charge in [0, 0.05) is 43.6 Å². The number of fused-ring (bicyclic) bond motifs is 1. The molecule has 0 N–H and O–H groups in total. The van der Waals surface area contributed by atoms with Gasteiger partial charge in [0.25, 0.3) is 0 Å². The van der Waals surface area contributed by atoms with Crippen LogP contribution in [0.2, 0.25) is 0 Å². The standard InChI is InChI=1S/C25H27N3O2/c1-3-9-22(10-4-1)28(18-21-8-7-11-23-25(21)30-19-29-23)17-20-12-13-26-24(16-20)27-14-5-2-6-15-27/h1,3-4,7-13,16H,2,5-6,14-15,17-19H2. The van der Waals surface area contributed by atoms with E-state index < -0.39 is 0 Å². The molecule has 154 valence electrons. The van der Waals surface area contributed by atoms with Crippen molar-refractivity contribution in [1.82, 2.24) is 4.98 Å². The largest absolute Gasteiger partial charge is 0.454 e. The number of rotatable bonds is 6. The Labute approximate surface area is 177 Å². The van der Waals surface area contributed by atoms with Gasteiger partial charge in [0.1, 0.15) is 5.82 Å². The van der Waals surface area contributed by atoms with Gasteiger partial charge >= 0.3 is 0 Å². The van der Waals surface area contributed by atoms with Crippen LogP contribution in [0.4, 0.5) is 11.5 Å². The van der Waals surface area contributed by atoms with Gasteiger partial charge in [0.05, 0.1) is 0 Å². The SMILES string of the molecule is c1ccc(N(Cc2ccnc(N3CCCCC3)c2)Cc2cccc3c2OCO3)cc1. The third-order valence-electron chi connectivity index (χ3n) is 5.82. The summed E-state index contributed by atoms with van der Waals surface area (Å²) in [5.74, 6) is 2.79. The average molecular weight is 402 g/mol. The number of hydrogen-bond donors (Lipinski definition) is 0. The highest BCUT2D eigenvalue weighted by atomic mass is 16.7. The van der Waals surface area contributed by atoms with Crippen LogP contribution in [0.25, 0.3) is 0 Å². The van der Waals surface area contributed by atoms with E-state index in [4.69, 9.17) is 9.47 Å². The third-order valence-corrected chi connectivity index (χ3v) is 5.82. The first-order chi connectivity index (χ1) is 14.9. The quantitative estimate of drug-likeness (QED) is 0.581. The molecule has 0 bridgehead atoms. The van der Waals surface area contributed by atoms with E-state index in [-0.39, 0.29) is 0 Å². The predicted molar refractivity (Wildman–Crippen MR) is 119 cm³/mol. The molecule has 3 aromatic rings. The van der Waals surface area contributed by atoms with Gasteiger partial charge in [-0.2, -0.15) is 0 Å². The van der Waals surface area contributed by atoms with Crippen LogP contribution in [0.15, 0.2) is 66.9 Å². The maximum absolute atomic E-state index is 5.75. The molecule has 0 spiro atoms. The molecule has 3 heterocycles. The van der Waals surface area contributed by atoms with E-state index in [9.17, 15) is 0 Å². The molecular formula is C25H27N3O2. The van der Waals surface area contributed by atoms with Crippen molar-refractivity contribution in [3.8, 4) is 11.5 Å². The number of nitrogens with zero attached hydrogens (tertiary/aromatic N) is 3. The van der Waals surface area contributed by atoms with Crippen LogP contribution in [0.3, 0.4) is 0 Å². The lowest BCUT2D eigenvalue weighted by molar-refractivity contribution is 0.173. The van der Waals surface area contributed by atoms with Gasteiger partial charge in [-0.25, -0.2) is 4.98 Å². The molecule has 30 heavy (non-hydrogen) atoms. The molecule has 2 aromatic carbocycles. The second kappa shape index (κ2) is 8.66. The van der Waals surface area contributed by atoms with Crippen molar-refractivity contribution < 1.29 is 9.47 Å². The number of ether oxygens (including phenoxy) is 2. The second-order valence-corrected chi connectivity index (χ2v) is 7.91. The molecule has 2 aliphatic heterocycles. The number of para-hydroxylation sites is 2. The number of hydrogen-bond acceptors (Lipinski definition) is 5. The third kappa shape index (κ3) is 4.06. The van der Waals surface area contributed by atoms with Crippen LogP contribution < -0.4 is 19.3 Å². The first-order valence-electron chi connectivity index (χ1n) is 10.7. The molecule has 0 aliphatic carbocycles. The van der Waals surface area contributed by atoms with E-state index in [0.29, 0.717) is 6.79 Å². The minimum absolute atomic E-state index is 0.293. The monoisotopic (exact) mass is 401 g/mol. The molecule has 0 radical (unpaired) electrons. The van der Waals surface area contributed by atoms with E-state index in [1.807, 2.05) is 18.3 Å². The van der Waals surface area contributed by atoms with Gasteiger partial charge in [0.15, 0.2) is 11.5 Å². The van der Waals surface area contributed by atoms with Crippen LogP contribution >= 0.6 is 0 Å². The molecule has 1 fully saturated rings. The Morgan fingerprint density at radius 2 is 1.73 bits per heavy atom. The van der Waals surface area contributed by atoms with Gasteiger partial charge in [-0.1, -0.05) is 30.3 Å². The van der Waals surface area contributed by atoms with Crippen molar-refractivity contribution in [2.24, 2.45) is 0 Å². The smallest absolute Gasteiger partial charge is 0.231 e. The zero-order valence-corrected chi connectivity index (χ0v) is 17.2. The molecule has 0 amide bonds. The van der Waals surface area contributed by atoms with E-state index in [1.165, 1.54) is 30.5 Å². The normalized spacial score (nSPS) is 15.3. The summed E-state index contributed by atoms with van der Waals surface area (Å²) in [5, 5.41) is 0. The highest BCUT2D eigenvalue weighted by Gasteiger charge is 2.20. The van der Waals surface area contributed by atoms with E-state index in [1.54, 1.807) is 0 Å². The van der Waals surface area contributed by atoms with E-state index in [0.717, 1.165) is 49.1 Å². The minimum atomic E-state index is 0.293. The van der Waals surface area contributed by atoms with Crippen molar-refractivity contribution in [3.63, 3.8) is 0 Å². The second-order valence-electron chi connectivity index (χ2n) is 7.91. The topological polar surface area (TPSA) is 37.8 Å². The summed E-state index contributed by atoms with van der Waals surface area (Å²) in [6.45, 7) is 4.05. The zero-order chi connectivity index (χ0) is 20.2. The molecule has 5 heteroatoms. The van der Waals surface area contributed by atoms with Crippen LogP contribution in [-0.4, -0.2) is 24.9 Å². The number of anilines is 2. The number of aromatic nitrogens is 1. The lowest BCUT2D eigenvalue weighted by atomic mass is 10.1. The van der Waals surface area contributed by atoms with Gasteiger partial charge in [-0.15, -0.1) is 0 Å². The number of benzene rings is 2. The summed E-state index contributed by atoms with van der Waals surface area (Å²) in [6.07, 6.45) is 5.78. The molecule has 1 saturated heterocycles. The minimum Gasteiger partial charge on any atom is -0.454 e. The summed E-state index contributed by atoms with van der Waals surface area (Å²) in [5.41, 5.74) is 3.59. The van der Waals surface area contributed by atoms with Crippen molar-refractivity contribution in [1.29, 1.82) is 0 Å². The molecule has 5 rings (SSSR count). The molecule has 0 unspecified atom stereocenters. The fraction of sp³-hybridized carbons (Fsp3) is 0.320. The molecular weight excluding hydrogens is 374 g/mol. The van der Waals surface area contributed by atoms with Crippen LogP contribution in [0.5, 0.6) is 11.5 Å². The van der Waals surface area contributed by atoms with E-state index in [2.05, 4.69) is 63.3 Å². The highest BCUT2D eigenvalue weighted by Crippen LogP contribution is 2.36. The molecule has 2 aliphatic rings. The predicted octanol–water partition coefficient (Wildman–Crippen LogP) is 5.01. The average Bonchev–Trinajstić information content (AvgIpc) is 3.30. The van der Waals surface area contributed by atoms with Crippen molar-refractivity contribution in [3.05, 3.63) is 78.0 Å². The lowest BCUT2D eigenvalue weighted by Gasteiger charge is -2.29. The summed E-state index contributed by atoms with van der Waals surface area (Å²) in [6, 6.07) is 21.0. The number of pyridine rings is 1. The summed E-state index contributed by atoms with van der Waals surface area (Å²) < 4.78 is 11.3. The Balaban J connectivity index is 1.41. The van der Waals surface area contributed by atoms with Crippen molar-refractivity contribution >= 4 is 11.5 Å². The Bertz CT molecular complexity index is 987. The molecule has 1 aromatic heterocycles. The molecule has 0 atom stereocenters. The Kier molecular flexibility index (Phi) is 5.42. The van der Waals surface area contributed by atoms with Crippen molar-refractivity contribution in [2.45, 2.75) is 32.4 Å². The van der Waals surface area contributed by atoms with Gasteiger partial charge < -0.3 is 19.3 Å². The van der Waals surface area contributed by atoms with Crippen LogP contribution in [-0.2, 0) is 13.1 Å². The molecule has 0 saturated carbocycles. The Morgan fingerprint density at radius 1 is 0.867 bits per heavy atom. The Hall–Kier alpha value is -3.21. The fourth-order valence-electron chi connectivity index (χ4n) is 4.27. The summed E-state index contributed by atoms with van der Waals surface area (Å²) >= 11 is 0. The first kappa shape index (κ1) is 18.8. The fourth-order valence-corrected chi connectivity index (χ4v) is 4.27. The maximum Gasteiger partial charge on any atom is 0.231 e. The highest BCUT2D eigenvalue weighted by molar-refractivity contribution is 5.53. The van der Waals surface area contributed by atoms with Gasteiger partial charge in [0.2, 0.25) is 6.79 Å². The van der Waals surface area contributed by atoms with E-state index >= 15 is 0 Å². The summed E-state index contributed by atoms with van der Waals surface area (Å²) in [4.78, 5) is 9.44. The van der Waals surface area contributed by atoms with Gasteiger partial charge in [-0.3, -0.25) is 0 Å². The van der Waals surface area contributed by atoms with Crippen molar-refractivity contribution in [2.75, 3.05) is 29.7 Å². The summed E-state index contributed by atoms with van der Waals surface area (Å²) in [7, 11) is 0. The Morgan fingerprint density at radius 3 is 2.60 bits per heavy atom.